The quantitative estimate of drug-likeness (QED) is 0.894. The summed E-state index contributed by atoms with van der Waals surface area (Å²) >= 11 is 0. The average Bonchev–Trinajstić information content (AvgIpc) is 2.97. The normalized spacial score (nSPS) is 20.7. The zero-order chi connectivity index (χ0) is 14.9. The summed E-state index contributed by atoms with van der Waals surface area (Å²) in [5, 5.41) is 3.30. The molecule has 1 unspecified atom stereocenters. The molecule has 2 aromatic rings. The van der Waals surface area contributed by atoms with Crippen molar-refractivity contribution in [2.24, 2.45) is 4.99 Å². The fourth-order valence-electron chi connectivity index (χ4n) is 3.16. The van der Waals surface area contributed by atoms with E-state index in [2.05, 4.69) is 48.3 Å². The average molecular weight is 290 g/mol. The Morgan fingerprint density at radius 2 is 2.09 bits per heavy atom. The summed E-state index contributed by atoms with van der Waals surface area (Å²) in [5.74, 6) is 0. The van der Waals surface area contributed by atoms with Gasteiger partial charge >= 0.3 is 0 Å². The highest BCUT2D eigenvalue weighted by atomic mass is 16.5. The fourth-order valence-corrected chi connectivity index (χ4v) is 3.16. The van der Waals surface area contributed by atoms with E-state index < -0.39 is 0 Å². The first-order valence-corrected chi connectivity index (χ1v) is 7.64. The lowest BCUT2D eigenvalue weighted by Gasteiger charge is -2.22. The summed E-state index contributed by atoms with van der Waals surface area (Å²) in [6.07, 6.45) is 3.99. The Kier molecular flexibility index (Phi) is 3.19. The molecule has 1 N–H and O–H groups in total. The van der Waals surface area contributed by atoms with Gasteiger partial charge in [0.25, 0.3) is 6.02 Å². The number of hydrogen-bond acceptors (Lipinski definition) is 2. The van der Waals surface area contributed by atoms with Crippen LogP contribution in [0.4, 0.5) is 5.69 Å². The molecule has 110 valence electrons. The predicted molar refractivity (Wildman–Crippen MR) is 89.9 cm³/mol. The monoisotopic (exact) mass is 290 g/mol. The molecule has 0 aromatic heterocycles. The summed E-state index contributed by atoms with van der Waals surface area (Å²) in [6.45, 7) is 4.35. The van der Waals surface area contributed by atoms with Crippen LogP contribution < -0.4 is 5.32 Å². The van der Waals surface area contributed by atoms with Crippen molar-refractivity contribution in [3.8, 4) is 0 Å². The molecule has 0 saturated carbocycles. The van der Waals surface area contributed by atoms with Gasteiger partial charge in [-0.3, -0.25) is 0 Å². The van der Waals surface area contributed by atoms with Gasteiger partial charge in [0.15, 0.2) is 0 Å². The van der Waals surface area contributed by atoms with Gasteiger partial charge in [-0.25, -0.2) is 4.99 Å². The zero-order valence-corrected chi connectivity index (χ0v) is 12.4. The Morgan fingerprint density at radius 1 is 1.18 bits per heavy atom. The molecule has 1 heterocycles. The number of aliphatic imine (C=N–C) groups is 1. The van der Waals surface area contributed by atoms with Crippen LogP contribution in [0.5, 0.6) is 0 Å². The molecule has 0 saturated heterocycles. The van der Waals surface area contributed by atoms with Crippen molar-refractivity contribution < 1.29 is 4.74 Å². The molecule has 3 nitrogen and oxygen atoms in total. The lowest BCUT2D eigenvalue weighted by atomic mass is 10.1. The number of aryl methyl sites for hydroxylation is 1. The van der Waals surface area contributed by atoms with E-state index in [1.54, 1.807) is 0 Å². The third kappa shape index (κ3) is 2.29. The number of nitrogens with one attached hydrogen (secondary N) is 1. The molecule has 2 aromatic carbocycles. The van der Waals surface area contributed by atoms with Crippen LogP contribution in [-0.4, -0.2) is 6.02 Å². The second kappa shape index (κ2) is 5.34. The first kappa shape index (κ1) is 13.1. The number of fused-ring (bicyclic) bond motifs is 2. The summed E-state index contributed by atoms with van der Waals surface area (Å²) in [4.78, 5) is 4.78. The van der Waals surface area contributed by atoms with Crippen molar-refractivity contribution in [2.75, 3.05) is 5.32 Å². The highest BCUT2D eigenvalue weighted by Crippen LogP contribution is 2.34. The Hall–Kier alpha value is -2.55. The van der Waals surface area contributed by atoms with Crippen LogP contribution in [0.25, 0.3) is 6.08 Å². The van der Waals surface area contributed by atoms with Crippen molar-refractivity contribution in [2.45, 2.75) is 25.5 Å². The molecule has 0 fully saturated rings. The maximum Gasteiger partial charge on any atom is 0.290 e. The van der Waals surface area contributed by atoms with Gasteiger partial charge in [0.1, 0.15) is 6.61 Å². The van der Waals surface area contributed by atoms with E-state index in [0.29, 0.717) is 12.6 Å². The number of nitrogens with zero attached hydrogens (tertiary/aromatic N) is 1. The van der Waals surface area contributed by atoms with Gasteiger partial charge in [-0.2, -0.15) is 0 Å². The molecule has 3 heteroatoms. The van der Waals surface area contributed by atoms with Crippen LogP contribution in [0.1, 0.15) is 34.7 Å². The number of ether oxygens (including phenoxy) is 1. The standard InChI is InChI=1S/C19H18N2O/c1-2-13-7-9-17-15(11-13)12-22-19(20-17)21-18-10-8-14-5-3-4-6-16(14)18/h2-7,9,11,18H,1,8,10,12H2,(H,20,21). The minimum Gasteiger partial charge on any atom is -0.460 e. The topological polar surface area (TPSA) is 33.6 Å². The molecule has 0 bridgehead atoms. The van der Waals surface area contributed by atoms with E-state index in [1.165, 1.54) is 11.1 Å². The molecule has 0 radical (unpaired) electrons. The number of anilines is 1. The molecule has 2 aliphatic rings. The maximum atomic E-state index is 5.79. The highest BCUT2D eigenvalue weighted by molar-refractivity contribution is 5.92. The first-order valence-electron chi connectivity index (χ1n) is 7.64. The smallest absolute Gasteiger partial charge is 0.290 e. The van der Waals surface area contributed by atoms with Gasteiger partial charge in [-0.05, 0) is 41.7 Å². The van der Waals surface area contributed by atoms with Gasteiger partial charge in [0.05, 0.1) is 6.04 Å². The second-order valence-electron chi connectivity index (χ2n) is 5.72. The lowest BCUT2D eigenvalue weighted by Crippen LogP contribution is -2.23. The SMILES string of the molecule is C=Cc1ccc2c(c1)COC(=NC1CCc3ccccc31)N2. The van der Waals surface area contributed by atoms with Crippen molar-refractivity contribution in [3.05, 3.63) is 71.3 Å². The molecule has 4 rings (SSSR count). The van der Waals surface area contributed by atoms with Gasteiger partial charge in [-0.15, -0.1) is 0 Å². The number of hydrogen-bond donors (Lipinski definition) is 1. The van der Waals surface area contributed by atoms with E-state index in [-0.39, 0.29) is 6.04 Å². The van der Waals surface area contributed by atoms with Gasteiger partial charge < -0.3 is 10.1 Å². The highest BCUT2D eigenvalue weighted by Gasteiger charge is 2.23. The summed E-state index contributed by atoms with van der Waals surface area (Å²) in [7, 11) is 0. The Bertz CT molecular complexity index is 764. The number of amidine groups is 1. The van der Waals surface area contributed by atoms with E-state index >= 15 is 0 Å². The molecule has 1 aliphatic carbocycles. The van der Waals surface area contributed by atoms with Crippen molar-refractivity contribution in [1.82, 2.24) is 0 Å². The molecule has 1 aliphatic heterocycles. The predicted octanol–water partition coefficient (Wildman–Crippen LogP) is 4.32. The Balaban J connectivity index is 1.59. The van der Waals surface area contributed by atoms with Crippen molar-refractivity contribution >= 4 is 17.8 Å². The van der Waals surface area contributed by atoms with Crippen LogP contribution in [0, 0.1) is 0 Å². The van der Waals surface area contributed by atoms with Crippen LogP contribution in [-0.2, 0) is 17.8 Å². The van der Waals surface area contributed by atoms with Crippen molar-refractivity contribution in [1.29, 1.82) is 0 Å². The van der Waals surface area contributed by atoms with E-state index in [1.807, 2.05) is 12.1 Å². The van der Waals surface area contributed by atoms with Crippen LogP contribution in [0.3, 0.4) is 0 Å². The minimum atomic E-state index is 0.202. The summed E-state index contributed by atoms with van der Waals surface area (Å²) in [5.41, 5.74) is 6.05. The van der Waals surface area contributed by atoms with Gasteiger partial charge in [0, 0.05) is 11.3 Å². The fraction of sp³-hybridized carbons (Fsp3) is 0.211. The Labute approximate surface area is 130 Å². The maximum absolute atomic E-state index is 5.79. The molecule has 0 spiro atoms. The number of rotatable bonds is 2. The van der Waals surface area contributed by atoms with E-state index in [9.17, 15) is 0 Å². The molecular weight excluding hydrogens is 272 g/mol. The molecular formula is C19H18N2O. The third-order valence-corrected chi connectivity index (χ3v) is 4.35. The largest absolute Gasteiger partial charge is 0.460 e. The first-order chi connectivity index (χ1) is 10.8. The second-order valence-corrected chi connectivity index (χ2v) is 5.72. The lowest BCUT2D eigenvalue weighted by molar-refractivity contribution is 0.282. The molecule has 1 atom stereocenters. The number of benzene rings is 2. The Morgan fingerprint density at radius 3 is 3.00 bits per heavy atom. The summed E-state index contributed by atoms with van der Waals surface area (Å²) in [6, 6.07) is 15.6. The van der Waals surface area contributed by atoms with Gasteiger partial charge in [0.2, 0.25) is 0 Å². The summed E-state index contributed by atoms with van der Waals surface area (Å²) < 4.78 is 5.79. The molecule has 0 amide bonds. The van der Waals surface area contributed by atoms with Crippen molar-refractivity contribution in [3.63, 3.8) is 0 Å². The van der Waals surface area contributed by atoms with E-state index in [0.717, 1.165) is 29.7 Å². The van der Waals surface area contributed by atoms with Crippen LogP contribution >= 0.6 is 0 Å². The van der Waals surface area contributed by atoms with E-state index in [4.69, 9.17) is 9.73 Å². The van der Waals surface area contributed by atoms with Crippen LogP contribution in [0.2, 0.25) is 0 Å². The van der Waals surface area contributed by atoms with Crippen LogP contribution in [0.15, 0.2) is 54.0 Å². The third-order valence-electron chi connectivity index (χ3n) is 4.35. The zero-order valence-electron chi connectivity index (χ0n) is 12.4. The minimum absolute atomic E-state index is 0.202. The molecule has 22 heavy (non-hydrogen) atoms. The van der Waals surface area contributed by atoms with Gasteiger partial charge in [-0.1, -0.05) is 43.0 Å².